The molecule has 0 unspecified atom stereocenters. The Morgan fingerprint density at radius 2 is 0.791 bits per heavy atom. The lowest BCUT2D eigenvalue weighted by Gasteiger charge is -2.34. The smallest absolute Gasteiger partial charge is 0.149 e. The quantitative estimate of drug-likeness (QED) is 0.200. The van der Waals surface area contributed by atoms with Gasteiger partial charge in [-0.3, -0.25) is 0 Å². The molecule has 0 spiro atoms. The molecule has 0 radical (unpaired) electrons. The van der Waals surface area contributed by atoms with Crippen molar-refractivity contribution in [2.45, 2.75) is 5.41 Å². The highest BCUT2D eigenvalue weighted by atomic mass is 16.5. The number of hydrogen-bond donors (Lipinski definition) is 2. The monoisotopic (exact) mass is 560 g/mol. The number of hydrogen-bond acceptors (Lipinski definition) is 4. The first-order chi connectivity index (χ1) is 21.1. The molecule has 4 heteroatoms. The zero-order valence-electron chi connectivity index (χ0n) is 24.2. The summed E-state index contributed by atoms with van der Waals surface area (Å²) in [4.78, 5) is 0. The lowest BCUT2D eigenvalue weighted by Crippen LogP contribution is -2.28. The van der Waals surface area contributed by atoms with Crippen LogP contribution in [0, 0.1) is 0 Å². The minimum Gasteiger partial charge on any atom is -0.494 e. The van der Waals surface area contributed by atoms with Crippen LogP contribution < -0.4 is 20.9 Å². The summed E-state index contributed by atoms with van der Waals surface area (Å²) in [7, 11) is 3.32. The van der Waals surface area contributed by atoms with Crippen LogP contribution in [0.4, 0.5) is 11.4 Å². The minimum atomic E-state index is -0.510. The van der Waals surface area contributed by atoms with E-state index in [9.17, 15) is 0 Å². The van der Waals surface area contributed by atoms with Crippen molar-refractivity contribution in [3.63, 3.8) is 0 Å². The van der Waals surface area contributed by atoms with E-state index in [0.29, 0.717) is 22.9 Å². The number of anilines is 2. The molecule has 1 aliphatic rings. The van der Waals surface area contributed by atoms with Gasteiger partial charge in [-0.15, -0.1) is 0 Å². The van der Waals surface area contributed by atoms with Crippen LogP contribution in [0.1, 0.15) is 22.3 Å². The number of rotatable bonds is 6. The molecule has 7 rings (SSSR count). The van der Waals surface area contributed by atoms with E-state index in [1.165, 1.54) is 33.4 Å². The van der Waals surface area contributed by atoms with Gasteiger partial charge in [0.2, 0.25) is 0 Å². The van der Waals surface area contributed by atoms with E-state index in [1.54, 1.807) is 14.2 Å². The first kappa shape index (κ1) is 26.4. The van der Waals surface area contributed by atoms with E-state index >= 15 is 0 Å². The van der Waals surface area contributed by atoms with E-state index in [2.05, 4.69) is 97.1 Å². The standard InChI is InChI=1S/C39H32N2O2/c1-42-37-29(11-7-15-35(37)40)25-17-21-27(22-18-25)39(33-13-5-3-9-31(33)32-10-4-6-14-34(32)39)28-23-19-26(20-24-28)30-12-8-16-36(41)38(30)43-2/h3-24H,40-41H2,1-2H3. The molecule has 0 aromatic heterocycles. The summed E-state index contributed by atoms with van der Waals surface area (Å²) in [5.74, 6) is 1.38. The molecule has 0 bridgehead atoms. The Balaban J connectivity index is 1.44. The van der Waals surface area contributed by atoms with Crippen LogP contribution in [0.25, 0.3) is 33.4 Å². The van der Waals surface area contributed by atoms with E-state index in [4.69, 9.17) is 20.9 Å². The third kappa shape index (κ3) is 3.98. The molecule has 0 aliphatic heterocycles. The van der Waals surface area contributed by atoms with Gasteiger partial charge in [0, 0.05) is 11.1 Å². The van der Waals surface area contributed by atoms with E-state index < -0.39 is 5.41 Å². The first-order valence-electron chi connectivity index (χ1n) is 14.3. The number of ether oxygens (including phenoxy) is 2. The largest absolute Gasteiger partial charge is 0.494 e. The van der Waals surface area contributed by atoms with Gasteiger partial charge in [-0.2, -0.15) is 0 Å². The maximum atomic E-state index is 6.24. The highest BCUT2D eigenvalue weighted by Gasteiger charge is 2.45. The van der Waals surface area contributed by atoms with Crippen molar-refractivity contribution in [3.05, 3.63) is 156 Å². The number of para-hydroxylation sites is 2. The molecule has 0 fully saturated rings. The van der Waals surface area contributed by atoms with Crippen molar-refractivity contribution in [2.24, 2.45) is 0 Å². The maximum absolute atomic E-state index is 6.24. The molecule has 0 atom stereocenters. The van der Waals surface area contributed by atoms with Crippen LogP contribution in [0.3, 0.4) is 0 Å². The van der Waals surface area contributed by atoms with Gasteiger partial charge >= 0.3 is 0 Å². The van der Waals surface area contributed by atoms with Gasteiger partial charge in [-0.05, 0) is 56.6 Å². The molecular weight excluding hydrogens is 528 g/mol. The Labute approximate surface area is 252 Å². The van der Waals surface area contributed by atoms with Gasteiger partial charge in [0.25, 0.3) is 0 Å². The minimum absolute atomic E-state index is 0.510. The fourth-order valence-corrected chi connectivity index (χ4v) is 6.84. The molecule has 0 amide bonds. The van der Waals surface area contributed by atoms with E-state index in [0.717, 1.165) is 22.3 Å². The van der Waals surface area contributed by atoms with Crippen molar-refractivity contribution in [3.8, 4) is 44.9 Å². The summed E-state index contributed by atoms with van der Waals surface area (Å²) in [5, 5.41) is 0. The Morgan fingerprint density at radius 3 is 1.19 bits per heavy atom. The van der Waals surface area contributed by atoms with Gasteiger partial charge in [0.05, 0.1) is 31.0 Å². The molecule has 210 valence electrons. The Bertz CT molecular complexity index is 1820. The molecule has 0 saturated heterocycles. The molecule has 4 nitrogen and oxygen atoms in total. The van der Waals surface area contributed by atoms with Crippen LogP contribution >= 0.6 is 0 Å². The normalized spacial score (nSPS) is 12.8. The zero-order valence-corrected chi connectivity index (χ0v) is 24.2. The van der Waals surface area contributed by atoms with Crippen molar-refractivity contribution >= 4 is 11.4 Å². The van der Waals surface area contributed by atoms with Crippen LogP contribution in [-0.2, 0) is 5.41 Å². The van der Waals surface area contributed by atoms with Crippen LogP contribution in [0.2, 0.25) is 0 Å². The van der Waals surface area contributed by atoms with Crippen molar-refractivity contribution in [2.75, 3.05) is 25.7 Å². The zero-order chi connectivity index (χ0) is 29.6. The molecule has 6 aromatic carbocycles. The molecule has 6 aromatic rings. The van der Waals surface area contributed by atoms with Crippen molar-refractivity contribution < 1.29 is 9.47 Å². The second-order valence-electron chi connectivity index (χ2n) is 10.9. The maximum Gasteiger partial charge on any atom is 0.149 e. The highest BCUT2D eigenvalue weighted by molar-refractivity contribution is 5.87. The van der Waals surface area contributed by atoms with Crippen LogP contribution in [0.5, 0.6) is 11.5 Å². The SMILES string of the molecule is COc1c(N)cccc1-c1ccc(C2(c3ccc(-c4cccc(N)c4OC)cc3)c3ccccc3-c3ccccc32)cc1. The summed E-state index contributed by atoms with van der Waals surface area (Å²) in [5.41, 5.74) is 24.7. The third-order valence-corrected chi connectivity index (χ3v) is 8.71. The Morgan fingerprint density at radius 1 is 0.419 bits per heavy atom. The summed E-state index contributed by atoms with van der Waals surface area (Å²) in [6.45, 7) is 0. The molecular formula is C39H32N2O2. The molecule has 4 N–H and O–H groups in total. The topological polar surface area (TPSA) is 70.5 Å². The summed E-state index contributed by atoms with van der Waals surface area (Å²) < 4.78 is 11.3. The second kappa shape index (κ2) is 10.4. The number of nitrogens with two attached hydrogens (primary N) is 2. The van der Waals surface area contributed by atoms with E-state index in [-0.39, 0.29) is 0 Å². The van der Waals surface area contributed by atoms with Gasteiger partial charge in [0.15, 0.2) is 0 Å². The Kier molecular flexibility index (Phi) is 6.40. The number of fused-ring (bicyclic) bond motifs is 3. The number of nitrogen functional groups attached to an aromatic ring is 2. The van der Waals surface area contributed by atoms with E-state index in [1.807, 2.05) is 36.4 Å². The first-order valence-corrected chi connectivity index (χ1v) is 14.3. The van der Waals surface area contributed by atoms with Gasteiger partial charge in [-0.25, -0.2) is 0 Å². The number of methoxy groups -OCH3 is 2. The summed E-state index contributed by atoms with van der Waals surface area (Å²) >= 11 is 0. The summed E-state index contributed by atoms with van der Waals surface area (Å²) in [6.07, 6.45) is 0. The molecule has 1 aliphatic carbocycles. The van der Waals surface area contributed by atoms with Crippen LogP contribution in [0.15, 0.2) is 133 Å². The van der Waals surface area contributed by atoms with Crippen molar-refractivity contribution in [1.29, 1.82) is 0 Å². The summed E-state index contributed by atoms with van der Waals surface area (Å²) in [6, 6.07) is 46.9. The van der Waals surface area contributed by atoms with Gasteiger partial charge in [0.1, 0.15) is 11.5 Å². The molecule has 0 heterocycles. The third-order valence-electron chi connectivity index (χ3n) is 8.71. The molecule has 43 heavy (non-hydrogen) atoms. The molecule has 0 saturated carbocycles. The second-order valence-corrected chi connectivity index (χ2v) is 10.9. The Hall–Kier alpha value is -5.48. The highest BCUT2D eigenvalue weighted by Crippen LogP contribution is 2.56. The van der Waals surface area contributed by atoms with Crippen molar-refractivity contribution in [1.82, 2.24) is 0 Å². The van der Waals surface area contributed by atoms with Gasteiger partial charge < -0.3 is 20.9 Å². The fourth-order valence-electron chi connectivity index (χ4n) is 6.84. The fraction of sp³-hybridized carbons (Fsp3) is 0.0769. The average molecular weight is 561 g/mol. The predicted octanol–water partition coefficient (Wildman–Crippen LogP) is 8.57. The van der Waals surface area contributed by atoms with Crippen LogP contribution in [-0.4, -0.2) is 14.2 Å². The number of benzene rings is 6. The lowest BCUT2D eigenvalue weighted by molar-refractivity contribution is 0.418. The average Bonchev–Trinajstić information content (AvgIpc) is 3.36. The lowest BCUT2D eigenvalue weighted by atomic mass is 9.67. The predicted molar refractivity (Wildman–Crippen MR) is 177 cm³/mol. The van der Waals surface area contributed by atoms with Gasteiger partial charge in [-0.1, -0.05) is 121 Å².